The minimum atomic E-state index is -0.869. The summed E-state index contributed by atoms with van der Waals surface area (Å²) in [6.07, 6.45) is 6.04. The molecule has 2 aromatic carbocycles. The van der Waals surface area contributed by atoms with Crippen LogP contribution in [0.4, 0.5) is 0 Å². The minimum absolute atomic E-state index is 0.173. The molecule has 1 atom stereocenters. The van der Waals surface area contributed by atoms with Gasteiger partial charge >= 0.3 is 5.97 Å². The number of ether oxygens (including phenoxy) is 3. The van der Waals surface area contributed by atoms with E-state index in [2.05, 4.69) is 5.10 Å². The van der Waals surface area contributed by atoms with Crippen molar-refractivity contribution in [2.24, 2.45) is 5.10 Å². The quantitative estimate of drug-likeness (QED) is 0.339. The van der Waals surface area contributed by atoms with Crippen molar-refractivity contribution in [1.29, 1.82) is 0 Å². The van der Waals surface area contributed by atoms with Crippen molar-refractivity contribution in [2.75, 3.05) is 14.2 Å². The Balaban J connectivity index is 1.74. The molecule has 1 aromatic heterocycles. The van der Waals surface area contributed by atoms with Crippen LogP contribution in [0.15, 0.2) is 46.3 Å². The standard InChI is InChI=1S/C26H28ClN3O5/c1-16(26(32)34-3)35-23-20(27)13-17(14-22(23)33-2)15-28-30-24(18-9-5-4-6-10-18)29-21-12-8-7-11-19(21)25(30)31/h7-8,11-16,18H,4-6,9-10H2,1-3H3/t16-/m1/s1. The molecular formula is C26H28ClN3O5. The van der Waals surface area contributed by atoms with E-state index in [1.54, 1.807) is 31.3 Å². The average molecular weight is 498 g/mol. The number of nitrogens with zero attached hydrogens (tertiary/aromatic N) is 3. The van der Waals surface area contributed by atoms with E-state index in [-0.39, 0.29) is 22.2 Å². The number of carbonyl (C=O) groups is 1. The van der Waals surface area contributed by atoms with Gasteiger partial charge < -0.3 is 14.2 Å². The summed E-state index contributed by atoms with van der Waals surface area (Å²) in [5.41, 5.74) is 1.06. The van der Waals surface area contributed by atoms with Crippen LogP contribution in [0.3, 0.4) is 0 Å². The fraction of sp³-hybridized carbons (Fsp3) is 0.385. The molecule has 0 aliphatic heterocycles. The first kappa shape index (κ1) is 24.7. The number of para-hydroxylation sites is 1. The summed E-state index contributed by atoms with van der Waals surface area (Å²) >= 11 is 6.45. The van der Waals surface area contributed by atoms with Gasteiger partial charge in [0.25, 0.3) is 5.56 Å². The zero-order chi connectivity index (χ0) is 24.9. The molecule has 184 valence electrons. The smallest absolute Gasteiger partial charge is 0.346 e. The van der Waals surface area contributed by atoms with Crippen LogP contribution in [0.5, 0.6) is 11.5 Å². The number of hydrogen-bond acceptors (Lipinski definition) is 7. The summed E-state index contributed by atoms with van der Waals surface area (Å²) in [5, 5.41) is 5.29. The van der Waals surface area contributed by atoms with Crippen LogP contribution in [0.25, 0.3) is 10.9 Å². The van der Waals surface area contributed by atoms with E-state index in [9.17, 15) is 9.59 Å². The molecule has 0 saturated heterocycles. The fourth-order valence-corrected chi connectivity index (χ4v) is 4.59. The molecule has 1 heterocycles. The lowest BCUT2D eigenvalue weighted by atomic mass is 9.88. The molecule has 0 radical (unpaired) electrons. The highest BCUT2D eigenvalue weighted by Crippen LogP contribution is 2.37. The molecule has 0 bridgehead atoms. The van der Waals surface area contributed by atoms with E-state index in [1.165, 1.54) is 25.3 Å². The lowest BCUT2D eigenvalue weighted by Crippen LogP contribution is -2.25. The molecule has 1 aliphatic carbocycles. The van der Waals surface area contributed by atoms with Gasteiger partial charge in [0.05, 0.1) is 36.4 Å². The molecule has 0 N–H and O–H groups in total. The van der Waals surface area contributed by atoms with Crippen molar-refractivity contribution >= 4 is 34.7 Å². The summed E-state index contributed by atoms with van der Waals surface area (Å²) < 4.78 is 17.2. The fourth-order valence-electron chi connectivity index (χ4n) is 4.32. The second kappa shape index (κ2) is 10.9. The lowest BCUT2D eigenvalue weighted by Gasteiger charge is -2.22. The molecule has 0 amide bonds. The Kier molecular flexibility index (Phi) is 7.70. The first-order valence-electron chi connectivity index (χ1n) is 11.6. The number of aromatic nitrogens is 2. The molecular weight excluding hydrogens is 470 g/mol. The molecule has 1 fully saturated rings. The van der Waals surface area contributed by atoms with Crippen molar-refractivity contribution in [3.8, 4) is 11.5 Å². The van der Waals surface area contributed by atoms with Gasteiger partial charge in [-0.25, -0.2) is 9.78 Å². The van der Waals surface area contributed by atoms with Crippen molar-refractivity contribution in [3.05, 3.63) is 63.2 Å². The van der Waals surface area contributed by atoms with Crippen LogP contribution in [0, 0.1) is 0 Å². The van der Waals surface area contributed by atoms with E-state index < -0.39 is 12.1 Å². The van der Waals surface area contributed by atoms with Gasteiger partial charge in [0.1, 0.15) is 5.82 Å². The molecule has 1 saturated carbocycles. The third-order valence-electron chi connectivity index (χ3n) is 6.15. The zero-order valence-electron chi connectivity index (χ0n) is 20.0. The number of benzene rings is 2. The number of methoxy groups -OCH3 is 2. The Morgan fingerprint density at radius 1 is 1.20 bits per heavy atom. The van der Waals surface area contributed by atoms with Crippen LogP contribution in [0.1, 0.15) is 56.3 Å². The molecule has 0 spiro atoms. The van der Waals surface area contributed by atoms with Crippen LogP contribution >= 0.6 is 11.6 Å². The largest absolute Gasteiger partial charge is 0.493 e. The number of fused-ring (bicyclic) bond motifs is 1. The number of halogens is 1. The first-order chi connectivity index (χ1) is 16.9. The van der Waals surface area contributed by atoms with Gasteiger partial charge in [0, 0.05) is 5.92 Å². The van der Waals surface area contributed by atoms with Gasteiger partial charge in [-0.05, 0) is 49.6 Å². The molecule has 35 heavy (non-hydrogen) atoms. The lowest BCUT2D eigenvalue weighted by molar-refractivity contribution is -0.147. The van der Waals surface area contributed by atoms with Gasteiger partial charge in [-0.3, -0.25) is 4.79 Å². The Hall–Kier alpha value is -3.39. The van der Waals surface area contributed by atoms with Crippen LogP contribution in [-0.2, 0) is 9.53 Å². The third-order valence-corrected chi connectivity index (χ3v) is 6.43. The van der Waals surface area contributed by atoms with E-state index in [1.807, 2.05) is 18.2 Å². The normalized spacial score (nSPS) is 15.3. The highest BCUT2D eigenvalue weighted by molar-refractivity contribution is 6.32. The Morgan fingerprint density at radius 3 is 2.66 bits per heavy atom. The minimum Gasteiger partial charge on any atom is -0.493 e. The first-order valence-corrected chi connectivity index (χ1v) is 12.0. The van der Waals surface area contributed by atoms with Gasteiger partial charge in [-0.1, -0.05) is 43.0 Å². The van der Waals surface area contributed by atoms with Crippen molar-refractivity contribution in [1.82, 2.24) is 9.66 Å². The predicted molar refractivity (Wildman–Crippen MR) is 135 cm³/mol. The van der Waals surface area contributed by atoms with Crippen molar-refractivity contribution < 1.29 is 19.0 Å². The number of hydrogen-bond donors (Lipinski definition) is 0. The predicted octanol–water partition coefficient (Wildman–Crippen LogP) is 4.93. The second-order valence-electron chi connectivity index (χ2n) is 8.50. The highest BCUT2D eigenvalue weighted by Gasteiger charge is 2.23. The second-order valence-corrected chi connectivity index (χ2v) is 8.91. The van der Waals surface area contributed by atoms with Gasteiger partial charge in [0.2, 0.25) is 0 Å². The number of rotatable bonds is 7. The van der Waals surface area contributed by atoms with Gasteiger partial charge in [-0.15, -0.1) is 0 Å². The summed E-state index contributed by atoms with van der Waals surface area (Å²) in [7, 11) is 2.76. The topological polar surface area (TPSA) is 92.0 Å². The maximum atomic E-state index is 13.4. The summed E-state index contributed by atoms with van der Waals surface area (Å²) in [6, 6.07) is 10.6. The Labute approximate surface area is 208 Å². The summed E-state index contributed by atoms with van der Waals surface area (Å²) in [4.78, 5) is 29.9. The molecule has 3 aromatic rings. The zero-order valence-corrected chi connectivity index (χ0v) is 20.7. The van der Waals surface area contributed by atoms with Crippen molar-refractivity contribution in [2.45, 2.75) is 51.0 Å². The monoisotopic (exact) mass is 497 g/mol. The van der Waals surface area contributed by atoms with E-state index in [0.29, 0.717) is 28.0 Å². The summed E-state index contributed by atoms with van der Waals surface area (Å²) in [6.45, 7) is 1.56. The van der Waals surface area contributed by atoms with E-state index in [0.717, 1.165) is 25.7 Å². The Bertz CT molecular complexity index is 1310. The molecule has 0 unspecified atom stereocenters. The average Bonchev–Trinajstić information content (AvgIpc) is 2.89. The highest BCUT2D eigenvalue weighted by atomic mass is 35.5. The molecule has 4 rings (SSSR count). The van der Waals surface area contributed by atoms with Crippen molar-refractivity contribution in [3.63, 3.8) is 0 Å². The molecule has 1 aliphatic rings. The maximum absolute atomic E-state index is 13.4. The SMILES string of the molecule is COC(=O)[C@@H](C)Oc1c(Cl)cc(C=Nn2c(C3CCCCC3)nc3ccccc3c2=O)cc1OC. The van der Waals surface area contributed by atoms with Crippen LogP contribution in [-0.4, -0.2) is 42.2 Å². The van der Waals surface area contributed by atoms with E-state index in [4.69, 9.17) is 30.8 Å². The third kappa shape index (κ3) is 5.32. The summed E-state index contributed by atoms with van der Waals surface area (Å²) in [5.74, 6) is 0.858. The molecule has 9 heteroatoms. The van der Waals surface area contributed by atoms with E-state index >= 15 is 0 Å². The molecule has 8 nitrogen and oxygen atoms in total. The van der Waals surface area contributed by atoms with Gasteiger partial charge in [-0.2, -0.15) is 9.78 Å². The Morgan fingerprint density at radius 2 is 1.94 bits per heavy atom. The van der Waals surface area contributed by atoms with Crippen LogP contribution in [0.2, 0.25) is 5.02 Å². The number of carbonyl (C=O) groups excluding carboxylic acids is 1. The van der Waals surface area contributed by atoms with Gasteiger partial charge in [0.15, 0.2) is 17.6 Å². The maximum Gasteiger partial charge on any atom is 0.346 e. The number of esters is 1. The van der Waals surface area contributed by atoms with Crippen LogP contribution < -0.4 is 15.0 Å².